The molecular weight excluding hydrogens is 264 g/mol. The van der Waals surface area contributed by atoms with E-state index in [4.69, 9.17) is 4.74 Å². The summed E-state index contributed by atoms with van der Waals surface area (Å²) in [5, 5.41) is 17.7. The number of hydrogen-bond donors (Lipinski definition) is 1. The van der Waals surface area contributed by atoms with E-state index in [1.54, 1.807) is 13.8 Å². The van der Waals surface area contributed by atoms with Crippen molar-refractivity contribution in [2.75, 3.05) is 13.2 Å². The lowest BCUT2D eigenvalue weighted by Crippen LogP contribution is -2.34. The maximum atomic E-state index is 11.8. The average molecular weight is 282 g/mol. The normalized spacial score (nSPS) is 18.2. The van der Waals surface area contributed by atoms with Crippen LogP contribution in [0.2, 0.25) is 0 Å². The average Bonchev–Trinajstić information content (AvgIpc) is 2.96. The zero-order valence-corrected chi connectivity index (χ0v) is 11.6. The standard InChI is InChI=1S/C12H18N4O4/c1-8-12(16(18)19)9(2)15(14-8)7-11(17)13-6-10-4-3-5-20-10/h10H,3-7H2,1-2H3,(H,13,17)/t10-/m0/s1. The first-order valence-electron chi connectivity index (χ1n) is 6.55. The van der Waals surface area contributed by atoms with Crippen molar-refractivity contribution in [2.24, 2.45) is 0 Å². The predicted molar refractivity (Wildman–Crippen MR) is 70.3 cm³/mol. The second-order valence-electron chi connectivity index (χ2n) is 4.87. The molecule has 1 aliphatic heterocycles. The summed E-state index contributed by atoms with van der Waals surface area (Å²) in [4.78, 5) is 22.2. The minimum atomic E-state index is -0.474. The number of ether oxygens (including phenoxy) is 1. The van der Waals surface area contributed by atoms with Crippen molar-refractivity contribution in [3.8, 4) is 0 Å². The molecule has 1 aromatic rings. The number of carbonyl (C=O) groups is 1. The Kier molecular flexibility index (Phi) is 4.33. The van der Waals surface area contributed by atoms with Crippen molar-refractivity contribution in [3.05, 3.63) is 21.5 Å². The van der Waals surface area contributed by atoms with Crippen molar-refractivity contribution in [1.82, 2.24) is 15.1 Å². The second-order valence-corrected chi connectivity index (χ2v) is 4.87. The Morgan fingerprint density at radius 1 is 1.60 bits per heavy atom. The lowest BCUT2D eigenvalue weighted by molar-refractivity contribution is -0.386. The highest BCUT2D eigenvalue weighted by Gasteiger charge is 2.23. The van der Waals surface area contributed by atoms with Crippen LogP contribution in [0.4, 0.5) is 5.69 Å². The molecule has 1 aromatic heterocycles. The number of aromatic nitrogens is 2. The van der Waals surface area contributed by atoms with Gasteiger partial charge >= 0.3 is 5.69 Å². The summed E-state index contributed by atoms with van der Waals surface area (Å²) in [5.41, 5.74) is 0.677. The Morgan fingerprint density at radius 3 is 2.90 bits per heavy atom. The smallest absolute Gasteiger partial charge is 0.312 e. The van der Waals surface area contributed by atoms with E-state index in [1.807, 2.05) is 0 Å². The molecule has 0 aliphatic carbocycles. The minimum absolute atomic E-state index is 0.0206. The number of rotatable bonds is 5. The van der Waals surface area contributed by atoms with Gasteiger partial charge in [-0.3, -0.25) is 19.6 Å². The largest absolute Gasteiger partial charge is 0.376 e. The molecule has 0 unspecified atom stereocenters. The quantitative estimate of drug-likeness (QED) is 0.633. The molecule has 0 radical (unpaired) electrons. The highest BCUT2D eigenvalue weighted by molar-refractivity contribution is 5.75. The Balaban J connectivity index is 1.94. The Bertz CT molecular complexity index is 520. The molecule has 2 heterocycles. The van der Waals surface area contributed by atoms with Crippen LogP contribution in [-0.2, 0) is 16.1 Å². The number of nitrogens with one attached hydrogen (secondary N) is 1. The summed E-state index contributed by atoms with van der Waals surface area (Å²) >= 11 is 0. The molecule has 0 spiro atoms. The fourth-order valence-electron chi connectivity index (χ4n) is 2.33. The fraction of sp³-hybridized carbons (Fsp3) is 0.667. The topological polar surface area (TPSA) is 99.3 Å². The molecule has 2 rings (SSSR count). The van der Waals surface area contributed by atoms with Gasteiger partial charge in [0.1, 0.15) is 17.9 Å². The summed E-state index contributed by atoms with van der Waals surface area (Å²) in [5.74, 6) is -0.221. The second kappa shape index (κ2) is 6.00. The molecule has 1 saturated heterocycles. The first-order chi connectivity index (χ1) is 9.49. The monoisotopic (exact) mass is 282 g/mol. The zero-order valence-electron chi connectivity index (χ0n) is 11.6. The van der Waals surface area contributed by atoms with E-state index < -0.39 is 4.92 Å². The van der Waals surface area contributed by atoms with Crippen molar-refractivity contribution >= 4 is 11.6 Å². The highest BCUT2D eigenvalue weighted by atomic mass is 16.6. The lowest BCUT2D eigenvalue weighted by atomic mass is 10.2. The van der Waals surface area contributed by atoms with Gasteiger partial charge in [0.2, 0.25) is 5.91 Å². The predicted octanol–water partition coefficient (Wildman–Crippen LogP) is 0.703. The molecule has 1 amide bonds. The van der Waals surface area contributed by atoms with Gasteiger partial charge in [-0.1, -0.05) is 0 Å². The molecule has 8 heteroatoms. The molecule has 1 fully saturated rings. The molecule has 1 atom stereocenters. The SMILES string of the molecule is Cc1nn(CC(=O)NC[C@@H]2CCCO2)c(C)c1[N+](=O)[O-]. The van der Waals surface area contributed by atoms with E-state index in [2.05, 4.69) is 10.4 Å². The molecule has 1 N–H and O–H groups in total. The van der Waals surface area contributed by atoms with Crippen LogP contribution in [0.5, 0.6) is 0 Å². The first kappa shape index (κ1) is 14.4. The van der Waals surface area contributed by atoms with E-state index in [0.29, 0.717) is 17.9 Å². The van der Waals surface area contributed by atoms with E-state index in [-0.39, 0.29) is 24.2 Å². The Morgan fingerprint density at radius 2 is 2.35 bits per heavy atom. The van der Waals surface area contributed by atoms with Gasteiger partial charge in [-0.2, -0.15) is 5.10 Å². The van der Waals surface area contributed by atoms with Gasteiger partial charge in [-0.15, -0.1) is 0 Å². The molecule has 8 nitrogen and oxygen atoms in total. The molecule has 20 heavy (non-hydrogen) atoms. The third-order valence-corrected chi connectivity index (χ3v) is 3.37. The highest BCUT2D eigenvalue weighted by Crippen LogP contribution is 2.21. The summed E-state index contributed by atoms with van der Waals surface area (Å²) in [6.07, 6.45) is 2.05. The molecular formula is C12H18N4O4. The van der Waals surface area contributed by atoms with Gasteiger partial charge in [-0.05, 0) is 26.7 Å². The maximum Gasteiger partial charge on any atom is 0.312 e. The van der Waals surface area contributed by atoms with E-state index in [0.717, 1.165) is 19.4 Å². The number of carbonyl (C=O) groups excluding carboxylic acids is 1. The summed E-state index contributed by atoms with van der Waals surface area (Å²) < 4.78 is 6.76. The minimum Gasteiger partial charge on any atom is -0.376 e. The first-order valence-corrected chi connectivity index (χ1v) is 6.55. The molecule has 110 valence electrons. The van der Waals surface area contributed by atoms with E-state index in [1.165, 1.54) is 4.68 Å². The molecule has 0 bridgehead atoms. The number of nitro groups is 1. The lowest BCUT2D eigenvalue weighted by Gasteiger charge is -2.11. The Labute approximate surface area is 116 Å². The number of hydrogen-bond acceptors (Lipinski definition) is 5. The Hall–Kier alpha value is -1.96. The van der Waals surface area contributed by atoms with Crippen LogP contribution >= 0.6 is 0 Å². The summed E-state index contributed by atoms with van der Waals surface area (Å²) in [6, 6.07) is 0. The van der Waals surface area contributed by atoms with Crippen molar-refractivity contribution in [2.45, 2.75) is 39.3 Å². The van der Waals surface area contributed by atoms with Crippen LogP contribution in [0.25, 0.3) is 0 Å². The molecule has 1 aliphatic rings. The van der Waals surface area contributed by atoms with Gasteiger partial charge in [0, 0.05) is 13.2 Å². The van der Waals surface area contributed by atoms with Gasteiger partial charge in [0.05, 0.1) is 11.0 Å². The zero-order chi connectivity index (χ0) is 14.7. The maximum absolute atomic E-state index is 11.8. The van der Waals surface area contributed by atoms with Crippen molar-refractivity contribution < 1.29 is 14.5 Å². The van der Waals surface area contributed by atoms with Crippen LogP contribution in [0.1, 0.15) is 24.2 Å². The van der Waals surface area contributed by atoms with Gasteiger partial charge in [0.25, 0.3) is 0 Å². The van der Waals surface area contributed by atoms with E-state index >= 15 is 0 Å². The van der Waals surface area contributed by atoms with Gasteiger partial charge in [-0.25, -0.2) is 0 Å². The molecule has 0 saturated carbocycles. The molecule has 0 aromatic carbocycles. The number of nitrogens with zero attached hydrogens (tertiary/aromatic N) is 3. The van der Waals surface area contributed by atoms with Crippen LogP contribution < -0.4 is 5.32 Å². The number of aryl methyl sites for hydroxylation is 1. The van der Waals surface area contributed by atoms with Gasteiger partial charge in [0.15, 0.2) is 0 Å². The van der Waals surface area contributed by atoms with Crippen LogP contribution in [-0.4, -0.2) is 39.9 Å². The van der Waals surface area contributed by atoms with Crippen molar-refractivity contribution in [3.63, 3.8) is 0 Å². The fourth-order valence-corrected chi connectivity index (χ4v) is 2.33. The van der Waals surface area contributed by atoms with Crippen LogP contribution in [0.3, 0.4) is 0 Å². The van der Waals surface area contributed by atoms with Gasteiger partial charge < -0.3 is 10.1 Å². The number of amides is 1. The van der Waals surface area contributed by atoms with Crippen molar-refractivity contribution in [1.29, 1.82) is 0 Å². The van der Waals surface area contributed by atoms with Crippen LogP contribution in [0, 0.1) is 24.0 Å². The van der Waals surface area contributed by atoms with E-state index in [9.17, 15) is 14.9 Å². The van der Waals surface area contributed by atoms with Crippen LogP contribution in [0.15, 0.2) is 0 Å². The summed E-state index contributed by atoms with van der Waals surface area (Å²) in [7, 11) is 0. The third-order valence-electron chi connectivity index (χ3n) is 3.37. The third kappa shape index (κ3) is 3.13. The summed E-state index contributed by atoms with van der Waals surface area (Å²) in [6.45, 7) is 4.34.